The standard InChI is InChI=1S/C10H20O/c1-10(2,3)9(11)8-6-4-5-7-8/h8-9,11H,4-7H2,1-3H3/t9-/m0/s1. The highest BCUT2D eigenvalue weighted by molar-refractivity contribution is 4.82. The smallest absolute Gasteiger partial charge is 0.0616 e. The van der Waals surface area contributed by atoms with Crippen LogP contribution in [0.15, 0.2) is 0 Å². The van der Waals surface area contributed by atoms with Gasteiger partial charge in [-0.05, 0) is 24.2 Å². The van der Waals surface area contributed by atoms with Crippen LogP contribution in [0.4, 0.5) is 0 Å². The predicted octanol–water partition coefficient (Wildman–Crippen LogP) is 2.58. The van der Waals surface area contributed by atoms with Crippen LogP contribution in [0.25, 0.3) is 0 Å². The lowest BCUT2D eigenvalue weighted by Gasteiger charge is -2.30. The normalized spacial score (nSPS) is 24.0. The van der Waals surface area contributed by atoms with Crippen molar-refractivity contribution in [1.29, 1.82) is 0 Å². The van der Waals surface area contributed by atoms with Gasteiger partial charge in [0.15, 0.2) is 0 Å². The van der Waals surface area contributed by atoms with Crippen molar-refractivity contribution in [3.63, 3.8) is 0 Å². The summed E-state index contributed by atoms with van der Waals surface area (Å²) in [7, 11) is 0. The second kappa shape index (κ2) is 3.14. The minimum Gasteiger partial charge on any atom is -0.392 e. The van der Waals surface area contributed by atoms with E-state index < -0.39 is 0 Å². The van der Waals surface area contributed by atoms with Gasteiger partial charge in [0.25, 0.3) is 0 Å². The first kappa shape index (κ1) is 9.05. The Bertz CT molecular complexity index is 117. The van der Waals surface area contributed by atoms with Gasteiger partial charge in [-0.1, -0.05) is 33.6 Å². The van der Waals surface area contributed by atoms with E-state index in [-0.39, 0.29) is 11.5 Å². The van der Waals surface area contributed by atoms with Crippen LogP contribution in [0.3, 0.4) is 0 Å². The topological polar surface area (TPSA) is 20.2 Å². The number of hydrogen-bond acceptors (Lipinski definition) is 1. The first-order chi connectivity index (χ1) is 5.02. The average Bonchev–Trinajstić information content (AvgIpc) is 2.34. The Balaban J connectivity index is 2.46. The summed E-state index contributed by atoms with van der Waals surface area (Å²) in [4.78, 5) is 0. The molecule has 0 aromatic heterocycles. The van der Waals surface area contributed by atoms with Crippen molar-refractivity contribution in [2.45, 2.75) is 52.6 Å². The summed E-state index contributed by atoms with van der Waals surface area (Å²) < 4.78 is 0. The Morgan fingerprint density at radius 3 is 2.00 bits per heavy atom. The average molecular weight is 156 g/mol. The molecule has 1 heteroatoms. The summed E-state index contributed by atoms with van der Waals surface area (Å²) in [6.45, 7) is 6.36. The van der Waals surface area contributed by atoms with E-state index >= 15 is 0 Å². The predicted molar refractivity (Wildman–Crippen MR) is 47.4 cm³/mol. The van der Waals surface area contributed by atoms with Gasteiger partial charge in [0.05, 0.1) is 6.10 Å². The first-order valence-corrected chi connectivity index (χ1v) is 4.70. The van der Waals surface area contributed by atoms with Gasteiger partial charge in [-0.25, -0.2) is 0 Å². The van der Waals surface area contributed by atoms with Crippen molar-refractivity contribution in [1.82, 2.24) is 0 Å². The number of aliphatic hydroxyl groups excluding tert-OH is 1. The lowest BCUT2D eigenvalue weighted by Crippen LogP contribution is -2.32. The maximum absolute atomic E-state index is 9.89. The molecule has 1 saturated carbocycles. The SMILES string of the molecule is CC(C)(C)[C@@H](O)C1CCCC1. The van der Waals surface area contributed by atoms with Crippen LogP contribution in [0.1, 0.15) is 46.5 Å². The van der Waals surface area contributed by atoms with Gasteiger partial charge in [0.2, 0.25) is 0 Å². The van der Waals surface area contributed by atoms with Crippen molar-refractivity contribution in [3.05, 3.63) is 0 Å². The second-order valence-electron chi connectivity index (χ2n) is 4.86. The number of aliphatic hydroxyl groups is 1. The van der Waals surface area contributed by atoms with E-state index in [4.69, 9.17) is 0 Å². The molecule has 0 radical (unpaired) electrons. The maximum atomic E-state index is 9.89. The molecule has 11 heavy (non-hydrogen) atoms. The van der Waals surface area contributed by atoms with E-state index in [0.717, 1.165) is 0 Å². The van der Waals surface area contributed by atoms with E-state index in [9.17, 15) is 5.11 Å². The molecule has 0 unspecified atom stereocenters. The first-order valence-electron chi connectivity index (χ1n) is 4.70. The zero-order chi connectivity index (χ0) is 8.48. The van der Waals surface area contributed by atoms with Gasteiger partial charge >= 0.3 is 0 Å². The summed E-state index contributed by atoms with van der Waals surface area (Å²) in [5.74, 6) is 0.579. The summed E-state index contributed by atoms with van der Waals surface area (Å²) >= 11 is 0. The molecule has 1 fully saturated rings. The molecule has 0 spiro atoms. The lowest BCUT2D eigenvalue weighted by molar-refractivity contribution is 0.0141. The molecule has 1 nitrogen and oxygen atoms in total. The number of rotatable bonds is 1. The summed E-state index contributed by atoms with van der Waals surface area (Å²) in [6, 6.07) is 0. The zero-order valence-electron chi connectivity index (χ0n) is 7.93. The van der Waals surface area contributed by atoms with Gasteiger partial charge in [-0.3, -0.25) is 0 Å². The van der Waals surface area contributed by atoms with E-state index in [0.29, 0.717) is 5.92 Å². The van der Waals surface area contributed by atoms with Crippen LogP contribution < -0.4 is 0 Å². The molecule has 1 aliphatic carbocycles. The lowest BCUT2D eigenvalue weighted by atomic mass is 9.80. The zero-order valence-corrected chi connectivity index (χ0v) is 7.93. The largest absolute Gasteiger partial charge is 0.392 e. The van der Waals surface area contributed by atoms with Crippen molar-refractivity contribution < 1.29 is 5.11 Å². The minimum absolute atomic E-state index is 0.0784. The van der Waals surface area contributed by atoms with Gasteiger partial charge in [0.1, 0.15) is 0 Å². The van der Waals surface area contributed by atoms with E-state index in [1.807, 2.05) is 0 Å². The molecule has 0 amide bonds. The van der Waals surface area contributed by atoms with Crippen molar-refractivity contribution >= 4 is 0 Å². The van der Waals surface area contributed by atoms with Crippen molar-refractivity contribution in [2.24, 2.45) is 11.3 Å². The van der Waals surface area contributed by atoms with Crippen LogP contribution in [0, 0.1) is 11.3 Å². The van der Waals surface area contributed by atoms with Crippen LogP contribution >= 0.6 is 0 Å². The molecule has 0 aliphatic heterocycles. The Hall–Kier alpha value is -0.0400. The van der Waals surface area contributed by atoms with E-state index in [2.05, 4.69) is 20.8 Å². The maximum Gasteiger partial charge on any atom is 0.0616 e. The molecule has 1 atom stereocenters. The molecular formula is C10H20O. The third kappa shape index (κ3) is 2.19. The van der Waals surface area contributed by atoms with Gasteiger partial charge in [-0.2, -0.15) is 0 Å². The minimum atomic E-state index is -0.0926. The van der Waals surface area contributed by atoms with E-state index in [1.54, 1.807) is 0 Å². The summed E-state index contributed by atoms with van der Waals surface area (Å²) in [5.41, 5.74) is 0.0784. The van der Waals surface area contributed by atoms with Crippen LogP contribution in [-0.2, 0) is 0 Å². The summed E-state index contributed by atoms with van der Waals surface area (Å²) in [5, 5.41) is 9.89. The van der Waals surface area contributed by atoms with Crippen LogP contribution in [0.5, 0.6) is 0 Å². The summed E-state index contributed by atoms with van der Waals surface area (Å²) in [6.07, 6.45) is 5.01. The van der Waals surface area contributed by atoms with Gasteiger partial charge in [0, 0.05) is 0 Å². The van der Waals surface area contributed by atoms with Crippen molar-refractivity contribution in [2.75, 3.05) is 0 Å². The fourth-order valence-electron chi connectivity index (χ4n) is 1.98. The molecule has 0 heterocycles. The molecule has 0 aromatic carbocycles. The van der Waals surface area contributed by atoms with Crippen molar-refractivity contribution in [3.8, 4) is 0 Å². The molecule has 66 valence electrons. The molecule has 1 aliphatic rings. The highest BCUT2D eigenvalue weighted by Gasteiger charge is 2.31. The molecule has 0 bridgehead atoms. The third-order valence-electron chi connectivity index (χ3n) is 2.73. The fourth-order valence-corrected chi connectivity index (χ4v) is 1.98. The van der Waals surface area contributed by atoms with Crippen LogP contribution in [0.2, 0.25) is 0 Å². The van der Waals surface area contributed by atoms with Crippen LogP contribution in [-0.4, -0.2) is 11.2 Å². The molecule has 0 aromatic rings. The fraction of sp³-hybridized carbons (Fsp3) is 1.00. The Morgan fingerprint density at radius 1 is 1.18 bits per heavy atom. The molecule has 1 N–H and O–H groups in total. The van der Waals surface area contributed by atoms with E-state index in [1.165, 1.54) is 25.7 Å². The highest BCUT2D eigenvalue weighted by atomic mass is 16.3. The van der Waals surface area contributed by atoms with Gasteiger partial charge in [-0.15, -0.1) is 0 Å². The monoisotopic (exact) mass is 156 g/mol. The van der Waals surface area contributed by atoms with Gasteiger partial charge < -0.3 is 5.11 Å². The Morgan fingerprint density at radius 2 is 1.64 bits per heavy atom. The molecule has 0 saturated heterocycles. The Kier molecular flexibility index (Phi) is 2.58. The second-order valence-corrected chi connectivity index (χ2v) is 4.86. The third-order valence-corrected chi connectivity index (χ3v) is 2.73. The highest BCUT2D eigenvalue weighted by Crippen LogP contribution is 2.35. The quantitative estimate of drug-likeness (QED) is 0.618. The molecule has 1 rings (SSSR count). The number of hydrogen-bond donors (Lipinski definition) is 1. The molecular weight excluding hydrogens is 136 g/mol. The Labute approximate surface area is 69.8 Å².